The van der Waals surface area contributed by atoms with Gasteiger partial charge in [-0.15, -0.1) is 11.3 Å². The minimum absolute atomic E-state index is 0.0824. The molecule has 1 aliphatic heterocycles. The Bertz CT molecular complexity index is 1160. The van der Waals surface area contributed by atoms with Gasteiger partial charge in [0.15, 0.2) is 5.13 Å². The van der Waals surface area contributed by atoms with E-state index in [9.17, 15) is 14.7 Å². The Morgan fingerprint density at radius 2 is 1.68 bits per heavy atom. The summed E-state index contributed by atoms with van der Waals surface area (Å²) in [6.45, 7) is 8.03. The Labute approximate surface area is 185 Å². The van der Waals surface area contributed by atoms with E-state index in [-0.39, 0.29) is 11.3 Å². The van der Waals surface area contributed by atoms with E-state index < -0.39 is 17.7 Å². The van der Waals surface area contributed by atoms with E-state index in [2.05, 4.69) is 18.8 Å². The van der Waals surface area contributed by atoms with Gasteiger partial charge in [0.2, 0.25) is 0 Å². The predicted molar refractivity (Wildman–Crippen MR) is 123 cm³/mol. The van der Waals surface area contributed by atoms with Gasteiger partial charge in [-0.3, -0.25) is 14.5 Å². The lowest BCUT2D eigenvalue weighted by molar-refractivity contribution is -0.132. The second-order valence-corrected chi connectivity index (χ2v) is 9.18. The van der Waals surface area contributed by atoms with Crippen molar-refractivity contribution in [2.45, 2.75) is 39.7 Å². The van der Waals surface area contributed by atoms with Crippen LogP contribution in [0.25, 0.3) is 5.76 Å². The van der Waals surface area contributed by atoms with Gasteiger partial charge in [0.25, 0.3) is 5.78 Å². The summed E-state index contributed by atoms with van der Waals surface area (Å²) in [5.41, 5.74) is 3.31. The standard InChI is InChI=1S/C25H24N2O3S/c1-14(2)17-10-12-18(13-11-17)21-20(22(28)19-8-6-5-7-9-19)23(29)24(30)27(21)25-26-15(3)16(4)31-25/h5-14,21,28H,1-4H3/b22-20+. The van der Waals surface area contributed by atoms with Gasteiger partial charge in [-0.05, 0) is 30.9 Å². The Hall–Kier alpha value is -3.25. The van der Waals surface area contributed by atoms with Crippen LogP contribution >= 0.6 is 11.3 Å². The lowest BCUT2D eigenvalue weighted by Gasteiger charge is -2.23. The van der Waals surface area contributed by atoms with Gasteiger partial charge >= 0.3 is 5.91 Å². The van der Waals surface area contributed by atoms with Crippen LogP contribution in [0.1, 0.15) is 53.1 Å². The van der Waals surface area contributed by atoms with Crippen LogP contribution in [0.5, 0.6) is 0 Å². The van der Waals surface area contributed by atoms with Crippen molar-refractivity contribution in [2.24, 2.45) is 0 Å². The molecule has 0 radical (unpaired) electrons. The molecule has 31 heavy (non-hydrogen) atoms. The molecular formula is C25H24N2O3S. The fourth-order valence-electron chi connectivity index (χ4n) is 3.72. The fourth-order valence-corrected chi connectivity index (χ4v) is 4.66. The summed E-state index contributed by atoms with van der Waals surface area (Å²) in [4.78, 5) is 33.2. The van der Waals surface area contributed by atoms with Crippen molar-refractivity contribution in [1.29, 1.82) is 0 Å². The number of nitrogens with zero attached hydrogens (tertiary/aromatic N) is 2. The first-order chi connectivity index (χ1) is 14.8. The van der Waals surface area contributed by atoms with Crippen molar-refractivity contribution in [3.8, 4) is 0 Å². The lowest BCUT2D eigenvalue weighted by atomic mass is 9.93. The number of Topliss-reactive ketones (excluding diaryl/α,β-unsaturated/α-hetero) is 1. The topological polar surface area (TPSA) is 70.5 Å². The van der Waals surface area contributed by atoms with Crippen LogP contribution in [-0.4, -0.2) is 21.8 Å². The van der Waals surface area contributed by atoms with Gasteiger partial charge in [0.05, 0.1) is 17.3 Å². The second-order valence-electron chi connectivity index (χ2n) is 7.99. The molecule has 0 bridgehead atoms. The molecule has 1 saturated heterocycles. The molecule has 158 valence electrons. The van der Waals surface area contributed by atoms with Crippen LogP contribution < -0.4 is 4.90 Å². The summed E-state index contributed by atoms with van der Waals surface area (Å²) >= 11 is 1.37. The van der Waals surface area contributed by atoms with Crippen LogP contribution in [0.3, 0.4) is 0 Å². The molecular weight excluding hydrogens is 408 g/mol. The number of carbonyl (C=O) groups excluding carboxylic acids is 2. The maximum Gasteiger partial charge on any atom is 0.301 e. The third-order valence-electron chi connectivity index (χ3n) is 5.63. The molecule has 5 nitrogen and oxygen atoms in total. The molecule has 6 heteroatoms. The van der Waals surface area contributed by atoms with Gasteiger partial charge in [0, 0.05) is 10.4 Å². The van der Waals surface area contributed by atoms with E-state index >= 15 is 0 Å². The molecule has 1 unspecified atom stereocenters. The zero-order chi connectivity index (χ0) is 22.3. The largest absolute Gasteiger partial charge is 0.507 e. The number of hydrogen-bond donors (Lipinski definition) is 1. The zero-order valence-corrected chi connectivity index (χ0v) is 18.7. The maximum absolute atomic E-state index is 13.1. The minimum atomic E-state index is -0.744. The monoisotopic (exact) mass is 432 g/mol. The number of aliphatic hydroxyl groups is 1. The number of benzene rings is 2. The summed E-state index contributed by atoms with van der Waals surface area (Å²) in [6, 6.07) is 15.9. The zero-order valence-electron chi connectivity index (χ0n) is 17.9. The highest BCUT2D eigenvalue weighted by Gasteiger charge is 2.48. The fraction of sp³-hybridized carbons (Fsp3) is 0.240. The van der Waals surface area contributed by atoms with Crippen LogP contribution in [-0.2, 0) is 9.59 Å². The van der Waals surface area contributed by atoms with E-state index in [1.54, 1.807) is 24.3 Å². The summed E-state index contributed by atoms with van der Waals surface area (Å²) < 4.78 is 0. The average molecular weight is 433 g/mol. The van der Waals surface area contributed by atoms with Gasteiger partial charge in [-0.25, -0.2) is 4.98 Å². The molecule has 0 saturated carbocycles. The molecule has 0 spiro atoms. The summed E-state index contributed by atoms with van der Waals surface area (Å²) in [5, 5.41) is 11.5. The van der Waals surface area contributed by atoms with E-state index in [1.807, 2.05) is 44.2 Å². The van der Waals surface area contributed by atoms with Crippen molar-refractivity contribution in [1.82, 2.24) is 4.98 Å². The molecule has 2 heterocycles. The highest BCUT2D eigenvalue weighted by Crippen LogP contribution is 2.43. The van der Waals surface area contributed by atoms with Gasteiger partial charge in [0.1, 0.15) is 5.76 Å². The number of ketones is 1. The van der Waals surface area contributed by atoms with Crippen molar-refractivity contribution in [3.05, 3.63) is 87.4 Å². The minimum Gasteiger partial charge on any atom is -0.507 e. The third-order valence-corrected chi connectivity index (χ3v) is 6.71. The summed E-state index contributed by atoms with van der Waals surface area (Å²) in [5.74, 6) is -1.20. The Kier molecular flexibility index (Phi) is 5.50. The number of carbonyl (C=O) groups is 2. The summed E-state index contributed by atoms with van der Waals surface area (Å²) in [6.07, 6.45) is 0. The maximum atomic E-state index is 13.1. The number of aliphatic hydroxyl groups excluding tert-OH is 1. The number of aryl methyl sites for hydroxylation is 2. The molecule has 2 aromatic carbocycles. The van der Waals surface area contributed by atoms with E-state index in [0.29, 0.717) is 16.6 Å². The van der Waals surface area contributed by atoms with Crippen LogP contribution in [0.2, 0.25) is 0 Å². The second kappa shape index (κ2) is 8.12. The first-order valence-corrected chi connectivity index (χ1v) is 11.0. The smallest absolute Gasteiger partial charge is 0.301 e. The first kappa shape index (κ1) is 21.0. The number of aromatic nitrogens is 1. The molecule has 1 amide bonds. The molecule has 1 aliphatic rings. The SMILES string of the molecule is Cc1nc(N2C(=O)C(=O)/C(=C(/O)c3ccccc3)C2c2ccc(C(C)C)cc2)sc1C. The third kappa shape index (κ3) is 3.68. The van der Waals surface area contributed by atoms with Crippen LogP contribution in [0, 0.1) is 13.8 Å². The normalized spacial score (nSPS) is 18.2. The van der Waals surface area contributed by atoms with Crippen molar-refractivity contribution < 1.29 is 14.7 Å². The molecule has 1 N–H and O–H groups in total. The van der Waals surface area contributed by atoms with Gasteiger partial charge in [-0.1, -0.05) is 68.4 Å². The number of amides is 1. The quantitative estimate of drug-likeness (QED) is 0.335. The van der Waals surface area contributed by atoms with Crippen LogP contribution in [0.15, 0.2) is 60.2 Å². The molecule has 0 aliphatic carbocycles. The highest BCUT2D eigenvalue weighted by atomic mass is 32.1. The molecule has 1 aromatic heterocycles. The van der Waals surface area contributed by atoms with Crippen LogP contribution in [0.4, 0.5) is 5.13 Å². The van der Waals surface area contributed by atoms with E-state index in [1.165, 1.54) is 16.2 Å². The van der Waals surface area contributed by atoms with E-state index in [0.717, 1.165) is 21.7 Å². The Balaban J connectivity index is 1.93. The predicted octanol–water partition coefficient (Wildman–Crippen LogP) is 5.51. The molecule has 4 rings (SSSR count). The van der Waals surface area contributed by atoms with Gasteiger partial charge in [-0.2, -0.15) is 0 Å². The number of hydrogen-bond acceptors (Lipinski definition) is 5. The molecule has 3 aromatic rings. The number of rotatable bonds is 4. The lowest BCUT2D eigenvalue weighted by Crippen LogP contribution is -2.29. The number of anilines is 1. The average Bonchev–Trinajstić information content (AvgIpc) is 3.23. The van der Waals surface area contributed by atoms with Crippen molar-refractivity contribution in [2.75, 3.05) is 4.90 Å². The molecule has 1 atom stereocenters. The Morgan fingerprint density at radius 1 is 1.03 bits per heavy atom. The first-order valence-electron chi connectivity index (χ1n) is 10.2. The number of thiazole rings is 1. The van der Waals surface area contributed by atoms with E-state index in [4.69, 9.17) is 0 Å². The van der Waals surface area contributed by atoms with Gasteiger partial charge < -0.3 is 5.11 Å². The highest BCUT2D eigenvalue weighted by molar-refractivity contribution is 7.16. The van der Waals surface area contributed by atoms with Crippen molar-refractivity contribution >= 4 is 33.9 Å². The molecule has 1 fully saturated rings. The summed E-state index contributed by atoms with van der Waals surface area (Å²) in [7, 11) is 0. The Morgan fingerprint density at radius 3 is 2.23 bits per heavy atom. The van der Waals surface area contributed by atoms with Crippen molar-refractivity contribution in [3.63, 3.8) is 0 Å².